The summed E-state index contributed by atoms with van der Waals surface area (Å²) >= 11 is 3.59. The first kappa shape index (κ1) is 26.2. The van der Waals surface area contributed by atoms with Crippen LogP contribution in [0.15, 0.2) is 47.6 Å². The largest absolute Gasteiger partial charge is 0.342 e. The summed E-state index contributed by atoms with van der Waals surface area (Å²) in [4.78, 5) is 25.5. The summed E-state index contributed by atoms with van der Waals surface area (Å²) in [5, 5.41) is 15.5. The van der Waals surface area contributed by atoms with E-state index in [-0.39, 0.29) is 29.5 Å². The Labute approximate surface area is 218 Å². The number of nitrogens with one attached hydrogen (secondary N) is 2. The molecular formula is C25H30IN5O2S. The van der Waals surface area contributed by atoms with E-state index in [1.807, 2.05) is 75.6 Å². The van der Waals surface area contributed by atoms with Gasteiger partial charge in [0.1, 0.15) is 0 Å². The predicted molar refractivity (Wildman–Crippen MR) is 145 cm³/mol. The van der Waals surface area contributed by atoms with Crippen molar-refractivity contribution >= 4 is 51.9 Å². The van der Waals surface area contributed by atoms with Crippen molar-refractivity contribution < 1.29 is 9.59 Å². The Balaban J connectivity index is 1.72. The minimum Gasteiger partial charge on any atom is -0.342 e. The van der Waals surface area contributed by atoms with Gasteiger partial charge in [0.15, 0.2) is 11.0 Å². The molecule has 0 aliphatic heterocycles. The molecule has 0 aliphatic carbocycles. The van der Waals surface area contributed by atoms with Crippen molar-refractivity contribution in [2.24, 2.45) is 5.92 Å². The van der Waals surface area contributed by atoms with E-state index in [9.17, 15) is 9.59 Å². The number of thioether (sulfide) groups is 1. The van der Waals surface area contributed by atoms with Gasteiger partial charge in [0.2, 0.25) is 5.91 Å². The van der Waals surface area contributed by atoms with Crippen LogP contribution >= 0.6 is 34.4 Å². The maximum Gasteiger partial charge on any atom is 0.251 e. The van der Waals surface area contributed by atoms with Crippen molar-refractivity contribution in [1.82, 2.24) is 20.1 Å². The third-order valence-corrected chi connectivity index (χ3v) is 7.01. The molecule has 2 aromatic carbocycles. The fourth-order valence-electron chi connectivity index (χ4n) is 3.56. The lowest BCUT2D eigenvalue weighted by atomic mass is 10.0. The monoisotopic (exact) mass is 591 g/mol. The summed E-state index contributed by atoms with van der Waals surface area (Å²) in [6, 6.07) is 13.1. The Kier molecular flexibility index (Phi) is 9.12. The van der Waals surface area contributed by atoms with Gasteiger partial charge in [-0.3, -0.25) is 9.59 Å². The number of carbonyl (C=O) groups excluding carboxylic acids is 2. The number of hydrogen-bond acceptors (Lipinski definition) is 5. The summed E-state index contributed by atoms with van der Waals surface area (Å²) in [6.07, 6.45) is 0. The van der Waals surface area contributed by atoms with E-state index >= 15 is 0 Å². The molecular weight excluding hydrogens is 561 g/mol. The average Bonchev–Trinajstić information content (AvgIpc) is 3.20. The van der Waals surface area contributed by atoms with E-state index in [4.69, 9.17) is 0 Å². The van der Waals surface area contributed by atoms with E-state index in [1.54, 1.807) is 6.07 Å². The molecule has 3 aromatic rings. The van der Waals surface area contributed by atoms with Gasteiger partial charge in [-0.15, -0.1) is 10.2 Å². The highest BCUT2D eigenvalue weighted by Gasteiger charge is 2.26. The Morgan fingerprint density at radius 1 is 1.12 bits per heavy atom. The molecule has 0 spiro atoms. The average molecular weight is 592 g/mol. The lowest BCUT2D eigenvalue weighted by Gasteiger charge is -2.22. The van der Waals surface area contributed by atoms with Crippen LogP contribution in [0, 0.1) is 23.3 Å². The first-order valence-corrected chi connectivity index (χ1v) is 13.3. The molecule has 1 heterocycles. The molecule has 0 radical (unpaired) electrons. The molecule has 0 saturated heterocycles. The Morgan fingerprint density at radius 3 is 2.53 bits per heavy atom. The summed E-state index contributed by atoms with van der Waals surface area (Å²) in [5.74, 6) is 0.762. The zero-order valence-corrected chi connectivity index (χ0v) is 23.0. The van der Waals surface area contributed by atoms with E-state index in [1.165, 1.54) is 11.8 Å². The van der Waals surface area contributed by atoms with Crippen LogP contribution < -0.4 is 10.6 Å². The van der Waals surface area contributed by atoms with Crippen LogP contribution in [0.2, 0.25) is 0 Å². The standard InChI is InChI=1S/C25H30IN5O2S/c1-6-31-23(22(15(2)3)28-24(33)18-9-7-8-16(4)12-18)29-30-25(31)34-14-21(32)27-20-11-10-19(26)13-17(20)5/h7-13,15,22H,6,14H2,1-5H3,(H,27,32)(H,28,33). The van der Waals surface area contributed by atoms with Crippen molar-refractivity contribution in [2.45, 2.75) is 52.4 Å². The Hall–Kier alpha value is -2.40. The third kappa shape index (κ3) is 6.59. The molecule has 3 rings (SSSR count). The number of halogens is 1. The Morgan fingerprint density at radius 2 is 1.88 bits per heavy atom. The van der Waals surface area contributed by atoms with Crippen molar-refractivity contribution in [3.05, 3.63) is 68.5 Å². The SMILES string of the molecule is CCn1c(SCC(=O)Nc2ccc(I)cc2C)nnc1C(NC(=O)c1cccc(C)c1)C(C)C. The number of nitrogens with zero attached hydrogens (tertiary/aromatic N) is 3. The number of aromatic nitrogens is 3. The molecule has 0 aliphatic rings. The van der Waals surface area contributed by atoms with Crippen molar-refractivity contribution in [2.75, 3.05) is 11.1 Å². The van der Waals surface area contributed by atoms with Crippen LogP contribution in [0.25, 0.3) is 0 Å². The van der Waals surface area contributed by atoms with Gasteiger partial charge in [0.25, 0.3) is 5.91 Å². The lowest BCUT2D eigenvalue weighted by Crippen LogP contribution is -2.33. The first-order valence-electron chi connectivity index (χ1n) is 11.2. The van der Waals surface area contributed by atoms with Crippen molar-refractivity contribution in [3.8, 4) is 0 Å². The topological polar surface area (TPSA) is 88.9 Å². The number of hydrogen-bond donors (Lipinski definition) is 2. The molecule has 9 heteroatoms. The molecule has 2 amide bonds. The van der Waals surface area contributed by atoms with Gasteiger partial charge in [0.05, 0.1) is 11.8 Å². The molecule has 1 atom stereocenters. The van der Waals surface area contributed by atoms with Crippen molar-refractivity contribution in [1.29, 1.82) is 0 Å². The highest BCUT2D eigenvalue weighted by atomic mass is 127. The predicted octanol–water partition coefficient (Wildman–Crippen LogP) is 5.38. The maximum atomic E-state index is 12.9. The number of carbonyl (C=O) groups is 2. The second-order valence-electron chi connectivity index (χ2n) is 8.45. The smallest absolute Gasteiger partial charge is 0.251 e. The summed E-state index contributed by atoms with van der Waals surface area (Å²) in [5.41, 5.74) is 3.48. The van der Waals surface area contributed by atoms with Crippen LogP contribution in [0.4, 0.5) is 5.69 Å². The third-order valence-electron chi connectivity index (χ3n) is 5.37. The van der Waals surface area contributed by atoms with E-state index in [0.29, 0.717) is 23.1 Å². The molecule has 2 N–H and O–H groups in total. The first-order chi connectivity index (χ1) is 16.2. The molecule has 7 nitrogen and oxygen atoms in total. The second-order valence-corrected chi connectivity index (χ2v) is 10.6. The quantitative estimate of drug-likeness (QED) is 0.258. The van der Waals surface area contributed by atoms with Gasteiger partial charge >= 0.3 is 0 Å². The molecule has 1 aromatic heterocycles. The summed E-state index contributed by atoms with van der Waals surface area (Å²) < 4.78 is 3.09. The van der Waals surface area contributed by atoms with E-state index < -0.39 is 0 Å². The highest BCUT2D eigenvalue weighted by Crippen LogP contribution is 2.26. The van der Waals surface area contributed by atoms with Gasteiger partial charge in [-0.25, -0.2) is 0 Å². The van der Waals surface area contributed by atoms with Crippen molar-refractivity contribution in [3.63, 3.8) is 0 Å². The fraction of sp³-hybridized carbons (Fsp3) is 0.360. The molecule has 1 unspecified atom stereocenters. The molecule has 0 fully saturated rings. The molecule has 0 bridgehead atoms. The molecule has 34 heavy (non-hydrogen) atoms. The number of rotatable bonds is 9. The van der Waals surface area contributed by atoms with Gasteiger partial charge in [-0.2, -0.15) is 0 Å². The second kappa shape index (κ2) is 11.8. The highest BCUT2D eigenvalue weighted by molar-refractivity contribution is 14.1. The van der Waals surface area contributed by atoms with Gasteiger partial charge in [-0.05, 0) is 85.2 Å². The Bertz CT molecular complexity index is 1180. The molecule has 180 valence electrons. The van der Waals surface area contributed by atoms with Crippen LogP contribution in [0.1, 0.15) is 54.1 Å². The van der Waals surface area contributed by atoms with Gasteiger partial charge < -0.3 is 15.2 Å². The minimum absolute atomic E-state index is 0.102. The number of aryl methyl sites for hydroxylation is 2. The van der Waals surface area contributed by atoms with E-state index in [0.717, 1.165) is 20.4 Å². The number of anilines is 1. The van der Waals surface area contributed by atoms with Gasteiger partial charge in [-0.1, -0.05) is 43.3 Å². The number of amides is 2. The normalized spacial score (nSPS) is 12.0. The number of benzene rings is 2. The zero-order valence-electron chi connectivity index (χ0n) is 20.1. The fourth-order valence-corrected chi connectivity index (χ4v) is 5.01. The van der Waals surface area contributed by atoms with Crippen LogP contribution in [0.5, 0.6) is 0 Å². The molecule has 0 saturated carbocycles. The van der Waals surface area contributed by atoms with Crippen LogP contribution in [0.3, 0.4) is 0 Å². The lowest BCUT2D eigenvalue weighted by molar-refractivity contribution is -0.113. The van der Waals surface area contributed by atoms with Crippen LogP contribution in [-0.2, 0) is 11.3 Å². The zero-order chi connectivity index (χ0) is 24.8. The van der Waals surface area contributed by atoms with E-state index in [2.05, 4.69) is 43.4 Å². The van der Waals surface area contributed by atoms with Gasteiger partial charge in [0, 0.05) is 21.4 Å². The maximum absolute atomic E-state index is 12.9. The summed E-state index contributed by atoms with van der Waals surface area (Å²) in [6.45, 7) is 10.7. The van der Waals surface area contributed by atoms with Crippen LogP contribution in [-0.4, -0.2) is 32.3 Å². The summed E-state index contributed by atoms with van der Waals surface area (Å²) in [7, 11) is 0. The minimum atomic E-state index is -0.307.